The third kappa shape index (κ3) is 17.3. The maximum atomic E-state index is 13.0. The smallest absolute Gasteiger partial charge is 0.330 e. The summed E-state index contributed by atoms with van der Waals surface area (Å²) in [7, 11) is 5.19. The first-order chi connectivity index (χ1) is 28.9. The Morgan fingerprint density at radius 1 is 0.984 bits per heavy atom. The van der Waals surface area contributed by atoms with Gasteiger partial charge < -0.3 is 63.8 Å². The fourth-order valence-electron chi connectivity index (χ4n) is 8.50. The van der Waals surface area contributed by atoms with Gasteiger partial charge in [0.1, 0.15) is 30.0 Å². The van der Waals surface area contributed by atoms with Gasteiger partial charge in [0, 0.05) is 39.1 Å². The minimum atomic E-state index is -1.45. The molecule has 0 aromatic carbocycles. The number of unbranched alkanes of at least 4 members (excludes halogenated alkanes) is 3. The zero-order chi connectivity index (χ0) is 45.3. The fourth-order valence-corrected chi connectivity index (χ4v) is 8.50. The van der Waals surface area contributed by atoms with Gasteiger partial charge in [-0.1, -0.05) is 57.9 Å². The summed E-state index contributed by atoms with van der Waals surface area (Å²) >= 11 is 0. The molecule has 61 heavy (non-hydrogen) atoms. The third-order valence-corrected chi connectivity index (χ3v) is 11.8. The summed E-state index contributed by atoms with van der Waals surface area (Å²) in [6.45, 7) is 14.4. The number of methoxy groups -OCH3 is 1. The largest absolute Gasteiger partial charge is 0.459 e. The highest BCUT2D eigenvalue weighted by Gasteiger charge is 2.52. The van der Waals surface area contributed by atoms with E-state index >= 15 is 0 Å². The minimum Gasteiger partial charge on any atom is -0.459 e. The first-order valence-electron chi connectivity index (χ1n) is 22.5. The summed E-state index contributed by atoms with van der Waals surface area (Å²) in [6, 6.07) is -0.664. The number of nitrogens with one attached hydrogen (secondary N) is 1. The second-order valence-electron chi connectivity index (χ2n) is 18.2. The van der Waals surface area contributed by atoms with Crippen LogP contribution in [-0.2, 0) is 42.7 Å². The highest BCUT2D eigenvalue weighted by atomic mass is 16.7. The lowest BCUT2D eigenvalue weighted by atomic mass is 9.83. The molecular weight excluding hydrogens is 789 g/mol. The summed E-state index contributed by atoms with van der Waals surface area (Å²) < 4.78 is 43.5. The van der Waals surface area contributed by atoms with E-state index in [1.165, 1.54) is 13.2 Å². The summed E-state index contributed by atoms with van der Waals surface area (Å²) in [5.74, 6) is -1.29. The van der Waals surface area contributed by atoms with E-state index in [4.69, 9.17) is 38.3 Å². The van der Waals surface area contributed by atoms with Crippen molar-refractivity contribution in [2.45, 2.75) is 185 Å². The number of ether oxygens (including phenoxy) is 7. The monoisotopic (exact) mass is 869 g/mol. The number of cyclic esters (lactones) is 1. The van der Waals surface area contributed by atoms with Crippen LogP contribution in [0.5, 0.6) is 0 Å². The molecule has 3 aliphatic rings. The number of allylic oxidation sites excluding steroid dienone is 2. The SMILES string of the molecule is CO[C@H]1/C=C/C(=O)O[C@H](C)C/C=C/C=C/[C@H](O)[C@H](C)C[C@H](CCNCCCCCCO)[C@@H]1O[C@@H]1O[C@H](C)[C@@H](O[C@H]2C[C@@](C)(O)[C@@H](OC(=O)CC(C)C)[C@H](C)O2)[C@H](N(C)C)[C@H]1O. The van der Waals surface area contributed by atoms with Crippen LogP contribution >= 0.6 is 0 Å². The highest BCUT2D eigenvalue weighted by molar-refractivity contribution is 5.82. The van der Waals surface area contributed by atoms with Gasteiger partial charge in [0.25, 0.3) is 0 Å². The average Bonchev–Trinajstić information content (AvgIpc) is 3.17. The summed E-state index contributed by atoms with van der Waals surface area (Å²) in [4.78, 5) is 27.4. The highest BCUT2D eigenvalue weighted by Crippen LogP contribution is 2.37. The molecule has 5 N–H and O–H groups in total. The molecule has 0 radical (unpaired) electrons. The van der Waals surface area contributed by atoms with Gasteiger partial charge in [0.15, 0.2) is 18.7 Å². The van der Waals surface area contributed by atoms with Crippen molar-refractivity contribution in [2.24, 2.45) is 17.8 Å². The fraction of sp³-hybridized carbons (Fsp3) is 0.826. The number of nitrogens with zero attached hydrogens (tertiary/aromatic N) is 1. The quantitative estimate of drug-likeness (QED) is 0.0972. The third-order valence-electron chi connectivity index (χ3n) is 11.8. The first-order valence-corrected chi connectivity index (χ1v) is 22.5. The Labute approximate surface area is 365 Å². The maximum Gasteiger partial charge on any atom is 0.330 e. The topological polar surface area (TPSA) is 195 Å². The number of likely N-dealkylation sites (N-methyl/N-ethyl adjacent to an activating group) is 1. The van der Waals surface area contributed by atoms with E-state index in [9.17, 15) is 24.9 Å². The number of hydrogen-bond donors (Lipinski definition) is 5. The molecule has 0 unspecified atom stereocenters. The zero-order valence-electron chi connectivity index (χ0n) is 38.5. The van der Waals surface area contributed by atoms with Crippen molar-refractivity contribution in [3.63, 3.8) is 0 Å². The van der Waals surface area contributed by atoms with Gasteiger partial charge >= 0.3 is 11.9 Å². The molecule has 0 aliphatic carbocycles. The Hall–Kier alpha value is -2.28. The molecule has 0 bridgehead atoms. The molecule has 0 saturated carbocycles. The van der Waals surface area contributed by atoms with E-state index in [-0.39, 0.29) is 43.3 Å². The number of carbonyl (C=O) groups excluding carboxylic acids is 2. The average molecular weight is 869 g/mol. The van der Waals surface area contributed by atoms with Crippen molar-refractivity contribution < 1.29 is 63.2 Å². The predicted octanol–water partition coefficient (Wildman–Crippen LogP) is 4.19. The van der Waals surface area contributed by atoms with Gasteiger partial charge in [-0.15, -0.1) is 0 Å². The molecule has 0 spiro atoms. The van der Waals surface area contributed by atoms with Crippen LogP contribution in [0.25, 0.3) is 0 Å². The predicted molar refractivity (Wildman–Crippen MR) is 231 cm³/mol. The zero-order valence-corrected chi connectivity index (χ0v) is 38.5. The molecule has 15 atom stereocenters. The second kappa shape index (κ2) is 26.5. The maximum absolute atomic E-state index is 13.0. The van der Waals surface area contributed by atoms with Crippen molar-refractivity contribution in [2.75, 3.05) is 40.9 Å². The van der Waals surface area contributed by atoms with Crippen molar-refractivity contribution in [1.29, 1.82) is 0 Å². The minimum absolute atomic E-state index is 0.00931. The Morgan fingerprint density at radius 2 is 1.70 bits per heavy atom. The van der Waals surface area contributed by atoms with Crippen LogP contribution in [0.2, 0.25) is 0 Å². The summed E-state index contributed by atoms with van der Waals surface area (Å²) in [6.07, 6.45) is 6.86. The van der Waals surface area contributed by atoms with E-state index in [2.05, 4.69) is 5.32 Å². The van der Waals surface area contributed by atoms with Crippen LogP contribution in [-0.4, -0.2) is 157 Å². The molecule has 3 aliphatic heterocycles. The van der Waals surface area contributed by atoms with Crippen molar-refractivity contribution in [3.8, 4) is 0 Å². The van der Waals surface area contributed by atoms with E-state index < -0.39 is 85.0 Å². The van der Waals surface area contributed by atoms with Crippen LogP contribution in [0.15, 0.2) is 36.5 Å². The second-order valence-corrected chi connectivity index (χ2v) is 18.2. The number of esters is 2. The van der Waals surface area contributed by atoms with E-state index in [0.29, 0.717) is 25.8 Å². The lowest BCUT2D eigenvalue weighted by molar-refractivity contribution is -0.342. The van der Waals surface area contributed by atoms with Crippen molar-refractivity contribution in [3.05, 3.63) is 36.5 Å². The first kappa shape index (κ1) is 53.1. The van der Waals surface area contributed by atoms with Crippen LogP contribution < -0.4 is 5.32 Å². The standard InChI is InChI=1S/C46H80N2O13/c1-29(2)26-38(52)59-44-33(6)57-39(28-46(44,7)54)60-42-32(5)58-45(41(53)40(42)48(8)9)61-43-34(22-24-47-23-16-11-12-17-25-49)27-30(3)35(50)19-15-13-14-18-31(4)56-37(51)21-20-36(43)55-10/h13-15,19-21,29-36,39-45,47,49-50,53-54H,11-12,16-18,22-28H2,1-10H3/b14-13+,19-15+,21-20+/t30-,31-,32-,33+,34+,35+,36+,39+,40-,41-,42-,43+,44+,45+,46-/m1/s1. The number of rotatable bonds is 18. The van der Waals surface area contributed by atoms with E-state index in [1.54, 1.807) is 32.1 Å². The van der Waals surface area contributed by atoms with Gasteiger partial charge in [0.05, 0.1) is 30.5 Å². The van der Waals surface area contributed by atoms with Gasteiger partial charge in [-0.05, 0) is 104 Å². The molecular formula is C46H80N2O13. The normalized spacial score (nSPS) is 38.5. The molecule has 15 heteroatoms. The Bertz CT molecular complexity index is 1370. The molecule has 0 aromatic rings. The number of aliphatic hydroxyl groups excluding tert-OH is 3. The van der Waals surface area contributed by atoms with E-state index in [1.807, 2.05) is 65.8 Å². The van der Waals surface area contributed by atoms with Gasteiger partial charge in [-0.2, -0.15) is 0 Å². The van der Waals surface area contributed by atoms with Crippen molar-refractivity contribution >= 4 is 11.9 Å². The van der Waals surface area contributed by atoms with E-state index in [0.717, 1.165) is 32.2 Å². The molecule has 3 rings (SSSR count). The van der Waals surface area contributed by atoms with Gasteiger partial charge in [-0.3, -0.25) is 4.79 Å². The molecule has 2 fully saturated rings. The van der Waals surface area contributed by atoms with Crippen molar-refractivity contribution in [1.82, 2.24) is 10.2 Å². The van der Waals surface area contributed by atoms with Gasteiger partial charge in [0.2, 0.25) is 0 Å². The van der Waals surface area contributed by atoms with Crippen LogP contribution in [0.4, 0.5) is 0 Å². The lowest BCUT2D eigenvalue weighted by Crippen LogP contribution is -2.65. The number of carbonyl (C=O) groups is 2. The summed E-state index contributed by atoms with van der Waals surface area (Å²) in [5.41, 5.74) is -1.45. The Morgan fingerprint density at radius 3 is 2.36 bits per heavy atom. The van der Waals surface area contributed by atoms with Gasteiger partial charge in [-0.25, -0.2) is 4.79 Å². The van der Waals surface area contributed by atoms with Crippen LogP contribution in [0, 0.1) is 17.8 Å². The summed E-state index contributed by atoms with van der Waals surface area (Å²) in [5, 5.41) is 47.6. The molecule has 15 nitrogen and oxygen atoms in total. The van der Waals surface area contributed by atoms with Crippen LogP contribution in [0.1, 0.15) is 106 Å². The lowest BCUT2D eigenvalue weighted by Gasteiger charge is -2.50. The number of hydrogen-bond acceptors (Lipinski definition) is 15. The van der Waals surface area contributed by atoms with Crippen LogP contribution in [0.3, 0.4) is 0 Å². The molecule has 2 saturated heterocycles. The Balaban J connectivity index is 1.91. The molecule has 0 aromatic heterocycles. The Kier molecular flexibility index (Phi) is 23.0. The molecule has 352 valence electrons. The number of aliphatic hydroxyl groups is 4. The molecule has 3 heterocycles. The molecule has 0 amide bonds.